The molecule has 31 heavy (non-hydrogen) atoms. The van der Waals surface area contributed by atoms with E-state index in [1.165, 1.54) is 28.0 Å². The molecule has 0 spiro atoms. The number of aromatic amines is 1. The topological polar surface area (TPSA) is 82.3 Å². The summed E-state index contributed by atoms with van der Waals surface area (Å²) >= 11 is 0. The average Bonchev–Trinajstić information content (AvgIpc) is 3.11. The van der Waals surface area contributed by atoms with E-state index in [0.717, 1.165) is 23.7 Å². The van der Waals surface area contributed by atoms with Gasteiger partial charge in [0, 0.05) is 40.9 Å². The van der Waals surface area contributed by atoms with Gasteiger partial charge in [-0.25, -0.2) is 8.42 Å². The highest BCUT2D eigenvalue weighted by atomic mass is 32.2. The molecule has 1 aliphatic rings. The average molecular weight is 440 g/mol. The van der Waals surface area contributed by atoms with Crippen LogP contribution in [0.5, 0.6) is 0 Å². The van der Waals surface area contributed by atoms with Gasteiger partial charge in [0.1, 0.15) is 0 Å². The van der Waals surface area contributed by atoms with E-state index in [1.807, 2.05) is 26.0 Å². The number of carbonyl (C=O) groups excluding carboxylic acids is 1. The van der Waals surface area contributed by atoms with Crippen LogP contribution in [0.25, 0.3) is 10.9 Å². The highest BCUT2D eigenvalue weighted by Gasteiger charge is 2.23. The first-order valence-corrected chi connectivity index (χ1v) is 12.3. The van der Waals surface area contributed by atoms with E-state index in [4.69, 9.17) is 0 Å². The van der Waals surface area contributed by atoms with Crippen LogP contribution >= 0.6 is 0 Å². The summed E-state index contributed by atoms with van der Waals surface area (Å²) in [4.78, 5) is 16.6. The maximum atomic E-state index is 12.9. The number of H-pyrrole nitrogens is 1. The zero-order valence-electron chi connectivity index (χ0n) is 18.2. The summed E-state index contributed by atoms with van der Waals surface area (Å²) in [5.41, 5.74) is 4.67. The highest BCUT2D eigenvalue weighted by molar-refractivity contribution is 7.89. The summed E-state index contributed by atoms with van der Waals surface area (Å²) in [7, 11) is -3.58. The number of hydrogen-bond donors (Lipinski definition) is 2. The minimum Gasteiger partial charge on any atom is -0.358 e. The van der Waals surface area contributed by atoms with Crippen LogP contribution in [-0.2, 0) is 22.9 Å². The molecule has 0 bridgehead atoms. The number of anilines is 1. The lowest BCUT2D eigenvalue weighted by atomic mass is 9.87. The molecule has 6 nitrogen and oxygen atoms in total. The quantitative estimate of drug-likeness (QED) is 0.590. The minimum absolute atomic E-state index is 0.179. The van der Waals surface area contributed by atoms with E-state index in [0.29, 0.717) is 30.3 Å². The molecule has 164 valence electrons. The molecule has 0 saturated heterocycles. The Balaban J connectivity index is 1.60. The maximum absolute atomic E-state index is 12.9. The van der Waals surface area contributed by atoms with Crippen molar-refractivity contribution in [3.05, 3.63) is 59.3 Å². The van der Waals surface area contributed by atoms with Crippen molar-refractivity contribution in [2.24, 2.45) is 5.92 Å². The van der Waals surface area contributed by atoms with Crippen LogP contribution in [0.15, 0.2) is 47.4 Å². The Kier molecular flexibility index (Phi) is 5.90. The van der Waals surface area contributed by atoms with Gasteiger partial charge in [0.15, 0.2) is 0 Å². The van der Waals surface area contributed by atoms with Crippen molar-refractivity contribution < 1.29 is 13.2 Å². The molecule has 1 amide bonds. The van der Waals surface area contributed by atoms with E-state index in [2.05, 4.69) is 17.2 Å². The number of fused-ring (bicyclic) bond motifs is 3. The third-order valence-corrected chi connectivity index (χ3v) is 8.18. The fourth-order valence-corrected chi connectivity index (χ4v) is 5.89. The Morgan fingerprint density at radius 3 is 2.68 bits per heavy atom. The van der Waals surface area contributed by atoms with Gasteiger partial charge in [0.2, 0.25) is 10.0 Å². The van der Waals surface area contributed by atoms with Crippen molar-refractivity contribution >= 4 is 32.5 Å². The second-order valence-electron chi connectivity index (χ2n) is 8.26. The van der Waals surface area contributed by atoms with E-state index in [-0.39, 0.29) is 10.8 Å². The summed E-state index contributed by atoms with van der Waals surface area (Å²) < 4.78 is 27.0. The fraction of sp³-hybridized carbons (Fsp3) is 0.375. The van der Waals surface area contributed by atoms with Gasteiger partial charge in [-0.05, 0) is 67.1 Å². The number of aromatic nitrogens is 1. The number of benzene rings is 2. The molecule has 1 aliphatic carbocycles. The molecular formula is C24H29N3O3S. The zero-order chi connectivity index (χ0) is 22.2. The molecule has 7 heteroatoms. The Hall–Kier alpha value is -2.64. The molecule has 1 unspecified atom stereocenters. The van der Waals surface area contributed by atoms with Gasteiger partial charge in [0.25, 0.3) is 5.91 Å². The number of aryl methyl sites for hydroxylation is 1. The molecule has 2 N–H and O–H groups in total. The molecule has 3 aromatic rings. The molecule has 0 radical (unpaired) electrons. The van der Waals surface area contributed by atoms with Gasteiger partial charge in [-0.1, -0.05) is 26.8 Å². The van der Waals surface area contributed by atoms with Crippen molar-refractivity contribution in [3.63, 3.8) is 0 Å². The van der Waals surface area contributed by atoms with Gasteiger partial charge in [-0.2, -0.15) is 4.31 Å². The molecule has 0 aliphatic heterocycles. The number of rotatable bonds is 6. The first-order valence-electron chi connectivity index (χ1n) is 10.9. The number of sulfonamides is 1. The van der Waals surface area contributed by atoms with Crippen LogP contribution in [0.4, 0.5) is 5.69 Å². The first-order chi connectivity index (χ1) is 14.8. The molecule has 0 fully saturated rings. The largest absolute Gasteiger partial charge is 0.358 e. The normalized spacial score (nSPS) is 16.5. The number of amides is 1. The van der Waals surface area contributed by atoms with E-state index in [1.54, 1.807) is 24.3 Å². The fourth-order valence-electron chi connectivity index (χ4n) is 4.38. The van der Waals surface area contributed by atoms with Crippen molar-refractivity contribution in [1.29, 1.82) is 0 Å². The van der Waals surface area contributed by atoms with Gasteiger partial charge >= 0.3 is 0 Å². The van der Waals surface area contributed by atoms with E-state index in [9.17, 15) is 13.2 Å². The summed E-state index contributed by atoms with van der Waals surface area (Å²) in [5.74, 6) is 0.387. The minimum atomic E-state index is -3.58. The van der Waals surface area contributed by atoms with E-state index >= 15 is 0 Å². The Morgan fingerprint density at radius 2 is 1.94 bits per heavy atom. The van der Waals surface area contributed by atoms with E-state index < -0.39 is 10.0 Å². The van der Waals surface area contributed by atoms with Crippen LogP contribution in [-0.4, -0.2) is 36.7 Å². The SMILES string of the molecule is CCN(CC)S(=O)(=O)c1cccc(NC(=O)c2ccc3[nH]c4c(c3c2)CC(C)CC4)c1. The van der Waals surface area contributed by atoms with Crippen LogP contribution in [0.3, 0.4) is 0 Å². The second-order valence-corrected chi connectivity index (χ2v) is 10.2. The smallest absolute Gasteiger partial charge is 0.255 e. The van der Waals surface area contributed by atoms with Crippen LogP contribution in [0, 0.1) is 5.92 Å². The Bertz CT molecular complexity index is 1230. The Labute approximate surface area is 183 Å². The molecule has 1 aromatic heterocycles. The van der Waals surface area contributed by atoms with Gasteiger partial charge in [-0.15, -0.1) is 0 Å². The van der Waals surface area contributed by atoms with Crippen LogP contribution < -0.4 is 5.32 Å². The lowest BCUT2D eigenvalue weighted by molar-refractivity contribution is 0.102. The highest BCUT2D eigenvalue weighted by Crippen LogP contribution is 2.32. The monoisotopic (exact) mass is 439 g/mol. The lowest BCUT2D eigenvalue weighted by Crippen LogP contribution is -2.30. The van der Waals surface area contributed by atoms with Gasteiger partial charge < -0.3 is 10.3 Å². The zero-order valence-corrected chi connectivity index (χ0v) is 19.1. The summed E-state index contributed by atoms with van der Waals surface area (Å²) in [6.45, 7) is 6.67. The molecular weight excluding hydrogens is 410 g/mol. The van der Waals surface area contributed by atoms with Gasteiger partial charge in [0.05, 0.1) is 4.90 Å². The van der Waals surface area contributed by atoms with Crippen LogP contribution in [0.2, 0.25) is 0 Å². The third kappa shape index (κ3) is 4.12. The number of nitrogens with zero attached hydrogens (tertiary/aromatic N) is 1. The van der Waals surface area contributed by atoms with Crippen molar-refractivity contribution in [2.45, 2.75) is 44.9 Å². The molecule has 2 aromatic carbocycles. The van der Waals surface area contributed by atoms with Crippen LogP contribution in [0.1, 0.15) is 48.8 Å². The Morgan fingerprint density at radius 1 is 1.16 bits per heavy atom. The van der Waals surface area contributed by atoms with Gasteiger partial charge in [-0.3, -0.25) is 4.79 Å². The van der Waals surface area contributed by atoms with Crippen molar-refractivity contribution in [3.8, 4) is 0 Å². The predicted molar refractivity (Wildman–Crippen MR) is 124 cm³/mol. The molecule has 1 atom stereocenters. The molecule has 4 rings (SSSR count). The summed E-state index contributed by atoms with van der Waals surface area (Å²) in [6.07, 6.45) is 3.24. The summed E-state index contributed by atoms with van der Waals surface area (Å²) in [6, 6.07) is 12.1. The number of hydrogen-bond acceptors (Lipinski definition) is 3. The summed E-state index contributed by atoms with van der Waals surface area (Å²) in [5, 5.41) is 3.96. The second kappa shape index (κ2) is 8.48. The lowest BCUT2D eigenvalue weighted by Gasteiger charge is -2.19. The maximum Gasteiger partial charge on any atom is 0.255 e. The third-order valence-electron chi connectivity index (χ3n) is 6.13. The van der Waals surface area contributed by atoms with Crippen molar-refractivity contribution in [1.82, 2.24) is 9.29 Å². The predicted octanol–water partition coefficient (Wildman–Crippen LogP) is 4.58. The molecule has 1 heterocycles. The number of nitrogens with one attached hydrogen (secondary N) is 2. The number of carbonyl (C=O) groups is 1. The first kappa shape index (κ1) is 21.6. The van der Waals surface area contributed by atoms with Crippen molar-refractivity contribution in [2.75, 3.05) is 18.4 Å². The molecule has 0 saturated carbocycles. The standard InChI is InChI=1S/C24H29N3O3S/c1-4-27(5-2)31(29,30)19-8-6-7-18(15-19)25-24(28)17-10-12-23-21(14-17)20-13-16(3)9-11-22(20)26-23/h6-8,10,12,14-16,26H,4-5,9,11,13H2,1-3H3,(H,25,28).